The predicted octanol–water partition coefficient (Wildman–Crippen LogP) is 3.26. The van der Waals surface area contributed by atoms with Gasteiger partial charge in [0.2, 0.25) is 5.91 Å². The van der Waals surface area contributed by atoms with Gasteiger partial charge in [-0.3, -0.25) is 14.9 Å². The number of nitro benzene ring substituents is 1. The Kier molecular flexibility index (Phi) is 5.51. The van der Waals surface area contributed by atoms with Crippen molar-refractivity contribution in [2.75, 3.05) is 19.5 Å². The highest BCUT2D eigenvalue weighted by molar-refractivity contribution is 6.02. The first-order valence-corrected chi connectivity index (χ1v) is 6.99. The number of carbonyl (C=O) groups excluding carboxylic acids is 1. The summed E-state index contributed by atoms with van der Waals surface area (Å²) in [5.74, 6) is 0.689. The summed E-state index contributed by atoms with van der Waals surface area (Å²) in [4.78, 5) is 22.2. The molecule has 0 aliphatic heterocycles. The monoisotopic (exact) mass is 328 g/mol. The van der Waals surface area contributed by atoms with Crippen molar-refractivity contribution in [2.24, 2.45) is 0 Å². The van der Waals surface area contributed by atoms with E-state index in [2.05, 4.69) is 5.32 Å². The number of nitro groups is 1. The number of benzene rings is 2. The van der Waals surface area contributed by atoms with Gasteiger partial charge in [0.05, 0.1) is 19.1 Å². The summed E-state index contributed by atoms with van der Waals surface area (Å²) in [5, 5.41) is 13.4. The molecule has 2 rings (SSSR count). The van der Waals surface area contributed by atoms with Crippen LogP contribution in [-0.2, 0) is 4.79 Å². The van der Waals surface area contributed by atoms with Crippen LogP contribution in [0.15, 0.2) is 48.5 Å². The number of nitrogens with one attached hydrogen (secondary N) is 1. The van der Waals surface area contributed by atoms with E-state index in [4.69, 9.17) is 9.47 Å². The molecule has 0 saturated heterocycles. The molecule has 0 bridgehead atoms. The SMILES string of the molecule is COc1ccc(NC(=O)/C=C/c2cccc([N+](=O)[O-])c2)cc1OC. The number of non-ortho nitro benzene ring substituents is 1. The Hall–Kier alpha value is -3.35. The van der Waals surface area contributed by atoms with Crippen LogP contribution in [0.1, 0.15) is 5.56 Å². The smallest absolute Gasteiger partial charge is 0.270 e. The van der Waals surface area contributed by atoms with Gasteiger partial charge in [-0.2, -0.15) is 0 Å². The molecule has 124 valence electrons. The summed E-state index contributed by atoms with van der Waals surface area (Å²) in [5.41, 5.74) is 1.07. The largest absolute Gasteiger partial charge is 0.493 e. The molecule has 7 nitrogen and oxygen atoms in total. The molecule has 1 amide bonds. The van der Waals surface area contributed by atoms with Gasteiger partial charge in [-0.25, -0.2) is 0 Å². The van der Waals surface area contributed by atoms with Crippen LogP contribution < -0.4 is 14.8 Å². The molecular weight excluding hydrogens is 312 g/mol. The van der Waals surface area contributed by atoms with Crippen molar-refractivity contribution in [1.82, 2.24) is 0 Å². The molecular formula is C17H16N2O5. The zero-order valence-corrected chi connectivity index (χ0v) is 13.2. The first-order valence-electron chi connectivity index (χ1n) is 6.99. The molecule has 1 N–H and O–H groups in total. The number of hydrogen-bond acceptors (Lipinski definition) is 5. The van der Waals surface area contributed by atoms with Gasteiger partial charge < -0.3 is 14.8 Å². The zero-order chi connectivity index (χ0) is 17.5. The van der Waals surface area contributed by atoms with E-state index in [0.717, 1.165) is 0 Å². The van der Waals surface area contributed by atoms with Crippen molar-refractivity contribution in [1.29, 1.82) is 0 Å². The molecule has 0 aliphatic carbocycles. The fraction of sp³-hybridized carbons (Fsp3) is 0.118. The van der Waals surface area contributed by atoms with Crippen LogP contribution in [0.5, 0.6) is 11.5 Å². The molecule has 2 aromatic carbocycles. The lowest BCUT2D eigenvalue weighted by Gasteiger charge is -2.09. The average Bonchev–Trinajstić information content (AvgIpc) is 2.60. The van der Waals surface area contributed by atoms with Crippen LogP contribution in [0, 0.1) is 10.1 Å². The summed E-state index contributed by atoms with van der Waals surface area (Å²) in [6.45, 7) is 0. The Morgan fingerprint density at radius 2 is 1.88 bits per heavy atom. The van der Waals surface area contributed by atoms with Crippen LogP contribution >= 0.6 is 0 Å². The van der Waals surface area contributed by atoms with Gasteiger partial charge in [0.25, 0.3) is 5.69 Å². The minimum atomic E-state index is -0.485. The van der Waals surface area contributed by atoms with Crippen molar-refractivity contribution < 1.29 is 19.2 Å². The first kappa shape index (κ1) is 17.0. The highest BCUT2D eigenvalue weighted by Gasteiger charge is 2.07. The van der Waals surface area contributed by atoms with E-state index in [1.165, 1.54) is 38.5 Å². The summed E-state index contributed by atoms with van der Waals surface area (Å²) in [6, 6.07) is 11.0. The Labute approximate surface area is 138 Å². The van der Waals surface area contributed by atoms with E-state index in [0.29, 0.717) is 22.7 Å². The van der Waals surface area contributed by atoms with Crippen molar-refractivity contribution in [3.8, 4) is 11.5 Å². The van der Waals surface area contributed by atoms with E-state index >= 15 is 0 Å². The Bertz CT molecular complexity index is 786. The Morgan fingerprint density at radius 1 is 1.12 bits per heavy atom. The Balaban J connectivity index is 2.08. The molecule has 0 saturated carbocycles. The van der Waals surface area contributed by atoms with E-state index in [1.54, 1.807) is 30.3 Å². The van der Waals surface area contributed by atoms with Crippen molar-refractivity contribution in [3.63, 3.8) is 0 Å². The van der Waals surface area contributed by atoms with Gasteiger partial charge in [-0.15, -0.1) is 0 Å². The summed E-state index contributed by atoms with van der Waals surface area (Å²) >= 11 is 0. The topological polar surface area (TPSA) is 90.7 Å². The molecule has 0 spiro atoms. The molecule has 0 heterocycles. The van der Waals surface area contributed by atoms with Gasteiger partial charge in [0, 0.05) is 30.0 Å². The van der Waals surface area contributed by atoms with E-state index in [-0.39, 0.29) is 11.6 Å². The quantitative estimate of drug-likeness (QED) is 0.499. The lowest BCUT2D eigenvalue weighted by atomic mass is 10.2. The van der Waals surface area contributed by atoms with E-state index in [9.17, 15) is 14.9 Å². The fourth-order valence-corrected chi connectivity index (χ4v) is 2.01. The third-order valence-electron chi connectivity index (χ3n) is 3.16. The molecule has 0 aromatic heterocycles. The molecule has 0 atom stereocenters. The van der Waals surface area contributed by atoms with Gasteiger partial charge in [0.15, 0.2) is 11.5 Å². The number of carbonyl (C=O) groups is 1. The number of methoxy groups -OCH3 is 2. The highest BCUT2D eigenvalue weighted by atomic mass is 16.6. The normalized spacial score (nSPS) is 10.4. The second-order valence-corrected chi connectivity index (χ2v) is 4.74. The summed E-state index contributed by atoms with van der Waals surface area (Å²) in [6.07, 6.45) is 2.80. The van der Waals surface area contributed by atoms with Crippen molar-refractivity contribution in [3.05, 3.63) is 64.2 Å². The molecule has 0 aliphatic rings. The molecule has 0 radical (unpaired) electrons. The maximum atomic E-state index is 12.0. The first-order chi connectivity index (χ1) is 11.5. The summed E-state index contributed by atoms with van der Waals surface area (Å²) < 4.78 is 10.3. The number of ether oxygens (including phenoxy) is 2. The van der Waals surface area contributed by atoms with Crippen LogP contribution in [-0.4, -0.2) is 25.1 Å². The number of anilines is 1. The van der Waals surface area contributed by atoms with Gasteiger partial charge in [-0.05, 0) is 23.8 Å². The van der Waals surface area contributed by atoms with Crippen LogP contribution in [0.3, 0.4) is 0 Å². The highest BCUT2D eigenvalue weighted by Crippen LogP contribution is 2.29. The number of rotatable bonds is 6. The number of nitrogens with zero attached hydrogens (tertiary/aromatic N) is 1. The maximum absolute atomic E-state index is 12.0. The molecule has 7 heteroatoms. The second-order valence-electron chi connectivity index (χ2n) is 4.74. The van der Waals surface area contributed by atoms with Crippen molar-refractivity contribution in [2.45, 2.75) is 0 Å². The van der Waals surface area contributed by atoms with Crippen molar-refractivity contribution >= 4 is 23.4 Å². The van der Waals surface area contributed by atoms with Gasteiger partial charge >= 0.3 is 0 Å². The number of hydrogen-bond donors (Lipinski definition) is 1. The second kappa shape index (κ2) is 7.77. The van der Waals surface area contributed by atoms with Crippen LogP contribution in [0.2, 0.25) is 0 Å². The van der Waals surface area contributed by atoms with E-state index in [1.807, 2.05) is 0 Å². The Morgan fingerprint density at radius 3 is 2.54 bits per heavy atom. The third-order valence-corrected chi connectivity index (χ3v) is 3.16. The lowest BCUT2D eigenvalue weighted by molar-refractivity contribution is -0.384. The molecule has 24 heavy (non-hydrogen) atoms. The molecule has 0 fully saturated rings. The van der Waals surface area contributed by atoms with Gasteiger partial charge in [0.1, 0.15) is 0 Å². The van der Waals surface area contributed by atoms with E-state index < -0.39 is 4.92 Å². The maximum Gasteiger partial charge on any atom is 0.270 e. The molecule has 2 aromatic rings. The molecule has 0 unspecified atom stereocenters. The van der Waals surface area contributed by atoms with Crippen LogP contribution in [0.25, 0.3) is 6.08 Å². The minimum Gasteiger partial charge on any atom is -0.493 e. The number of amides is 1. The third kappa shape index (κ3) is 4.33. The van der Waals surface area contributed by atoms with Crippen LogP contribution in [0.4, 0.5) is 11.4 Å². The summed E-state index contributed by atoms with van der Waals surface area (Å²) in [7, 11) is 3.03. The standard InChI is InChI=1S/C17H16N2O5/c1-23-15-8-7-13(11-16(15)24-2)18-17(20)9-6-12-4-3-5-14(10-12)19(21)22/h3-11H,1-2H3,(H,18,20)/b9-6+. The lowest BCUT2D eigenvalue weighted by Crippen LogP contribution is -2.07. The zero-order valence-electron chi connectivity index (χ0n) is 13.2. The minimum absolute atomic E-state index is 0.0301. The fourth-order valence-electron chi connectivity index (χ4n) is 2.01. The average molecular weight is 328 g/mol. The van der Waals surface area contributed by atoms with Gasteiger partial charge in [-0.1, -0.05) is 12.1 Å². The predicted molar refractivity (Wildman–Crippen MR) is 90.3 cm³/mol.